The number of aromatic nitrogens is 4. The summed E-state index contributed by atoms with van der Waals surface area (Å²) in [5, 5.41) is 27.9. The van der Waals surface area contributed by atoms with Crippen molar-refractivity contribution in [2.24, 2.45) is 5.41 Å². The third kappa shape index (κ3) is 5.89. The van der Waals surface area contributed by atoms with E-state index in [0.29, 0.717) is 59.2 Å². The fourth-order valence-corrected chi connectivity index (χ4v) is 7.79. The molecule has 2 unspecified atom stereocenters. The Bertz CT molecular complexity index is 2100. The average Bonchev–Trinajstić information content (AvgIpc) is 3.50. The molecule has 5 aromatic rings. The lowest BCUT2D eigenvalue weighted by molar-refractivity contribution is -0.0123. The first-order chi connectivity index (χ1) is 24.1. The smallest absolute Gasteiger partial charge is 0.319 e. The molecule has 50 heavy (non-hydrogen) atoms. The molecular weight excluding hydrogens is 646 g/mol. The fourth-order valence-electron chi connectivity index (χ4n) is 7.79. The number of aromatic hydroxyl groups is 1. The quantitative estimate of drug-likeness (QED) is 0.216. The van der Waals surface area contributed by atoms with Gasteiger partial charge in [-0.1, -0.05) is 13.0 Å². The molecule has 264 valence electrons. The maximum absolute atomic E-state index is 17.5. The van der Waals surface area contributed by atoms with Crippen molar-refractivity contribution in [3.8, 4) is 23.0 Å². The zero-order valence-corrected chi connectivity index (χ0v) is 28.6. The molecule has 3 fully saturated rings. The van der Waals surface area contributed by atoms with Gasteiger partial charge in [0.15, 0.2) is 5.82 Å². The number of hydrogen-bond acceptors (Lipinski definition) is 10. The van der Waals surface area contributed by atoms with Crippen LogP contribution in [0, 0.1) is 17.0 Å². The van der Waals surface area contributed by atoms with Gasteiger partial charge in [-0.2, -0.15) is 15.1 Å². The van der Waals surface area contributed by atoms with E-state index in [1.807, 2.05) is 11.8 Å². The Morgan fingerprint density at radius 3 is 2.70 bits per heavy atom. The molecule has 8 rings (SSSR count). The molecule has 2 atom stereocenters. The molecule has 5 heterocycles. The van der Waals surface area contributed by atoms with Crippen LogP contribution < -0.4 is 9.64 Å². The number of phenolic OH excluding ortho intramolecular Hbond substituents is 1. The third-order valence-corrected chi connectivity index (χ3v) is 10.5. The Morgan fingerprint density at radius 1 is 1.10 bits per heavy atom. The van der Waals surface area contributed by atoms with E-state index in [2.05, 4.69) is 10.00 Å². The second-order valence-corrected chi connectivity index (χ2v) is 14.5. The monoisotopic (exact) mass is 688 g/mol. The van der Waals surface area contributed by atoms with E-state index >= 15 is 8.78 Å². The van der Waals surface area contributed by atoms with Crippen LogP contribution in [0.25, 0.3) is 38.4 Å². The summed E-state index contributed by atoms with van der Waals surface area (Å²) in [7, 11) is 1.75. The molecule has 0 spiro atoms. The summed E-state index contributed by atoms with van der Waals surface area (Å²) in [6.07, 6.45) is 5.15. The lowest BCUT2D eigenvalue weighted by atomic mass is 9.94. The van der Waals surface area contributed by atoms with Gasteiger partial charge < -0.3 is 29.3 Å². The topological polar surface area (TPSA) is 118 Å². The molecular formula is C37H42F2N6O5. The summed E-state index contributed by atoms with van der Waals surface area (Å²) in [6, 6.07) is 7.70. The molecule has 13 heteroatoms. The van der Waals surface area contributed by atoms with Crippen LogP contribution in [-0.4, -0.2) is 106 Å². The summed E-state index contributed by atoms with van der Waals surface area (Å²) >= 11 is 0. The minimum Gasteiger partial charge on any atom is -0.508 e. The first-order valence-electron chi connectivity index (χ1n) is 17.3. The van der Waals surface area contributed by atoms with Gasteiger partial charge in [-0.25, -0.2) is 13.3 Å². The highest BCUT2D eigenvalue weighted by Gasteiger charge is 2.46. The van der Waals surface area contributed by atoms with Gasteiger partial charge in [-0.05, 0) is 73.2 Å². The standard InChI is InChI=1S/C37H42F2N6O5/c1-4-25-27(38)6-5-22-15-23(46)16-26(29(22)25)33-31(39)32-30(28-7-11-40-45(28)33)34(44-13-14-49-20-36(2,47)18-44)42-35(41-32)50-21-37(9-10-37)19-43-12-8-24(17-43)48-3/h5-7,11,15-16,24,46-47H,4,8-10,12-14,17-21H2,1-3H3. The summed E-state index contributed by atoms with van der Waals surface area (Å²) in [6.45, 7) is 7.66. The molecule has 2 N–H and O–H groups in total. The third-order valence-electron chi connectivity index (χ3n) is 10.5. The summed E-state index contributed by atoms with van der Waals surface area (Å²) in [5.74, 6) is -0.837. The van der Waals surface area contributed by atoms with Gasteiger partial charge in [-0.15, -0.1) is 0 Å². The van der Waals surface area contributed by atoms with Gasteiger partial charge in [0.25, 0.3) is 0 Å². The van der Waals surface area contributed by atoms with Crippen molar-refractivity contribution in [1.29, 1.82) is 0 Å². The van der Waals surface area contributed by atoms with Crippen molar-refractivity contribution in [1.82, 2.24) is 24.5 Å². The molecule has 0 bridgehead atoms. The highest BCUT2D eigenvalue weighted by atomic mass is 19.1. The number of methoxy groups -OCH3 is 1. The van der Waals surface area contributed by atoms with Crippen molar-refractivity contribution in [2.45, 2.75) is 51.2 Å². The predicted molar refractivity (Wildman–Crippen MR) is 185 cm³/mol. The highest BCUT2D eigenvalue weighted by Crippen LogP contribution is 2.47. The number of β-amino-alcohol motifs (C(OH)–C–C–N with tert-alkyl or cyclic N) is 1. The molecule has 0 radical (unpaired) electrons. The van der Waals surface area contributed by atoms with E-state index < -0.39 is 17.2 Å². The van der Waals surface area contributed by atoms with Crippen molar-refractivity contribution in [2.75, 3.05) is 64.6 Å². The number of rotatable bonds is 9. The molecule has 3 aliphatic rings. The van der Waals surface area contributed by atoms with Gasteiger partial charge in [-0.3, -0.25) is 4.90 Å². The van der Waals surface area contributed by atoms with E-state index in [1.165, 1.54) is 16.6 Å². The molecule has 0 amide bonds. The number of likely N-dealkylation sites (tertiary alicyclic amines) is 1. The summed E-state index contributed by atoms with van der Waals surface area (Å²) in [4.78, 5) is 13.9. The number of halogens is 2. The van der Waals surface area contributed by atoms with Crippen LogP contribution in [0.15, 0.2) is 36.5 Å². The minimum absolute atomic E-state index is 0.00363. The molecule has 3 aromatic heterocycles. The van der Waals surface area contributed by atoms with Gasteiger partial charge >= 0.3 is 6.01 Å². The van der Waals surface area contributed by atoms with Crippen LogP contribution in [-0.2, 0) is 15.9 Å². The predicted octanol–water partition coefficient (Wildman–Crippen LogP) is 5.11. The number of hydrogen-bond donors (Lipinski definition) is 2. The molecule has 2 aliphatic heterocycles. The Balaban J connectivity index is 1.30. The largest absolute Gasteiger partial charge is 0.508 e. The van der Waals surface area contributed by atoms with E-state index in [4.69, 9.17) is 24.2 Å². The zero-order chi connectivity index (χ0) is 34.8. The number of anilines is 1. The van der Waals surface area contributed by atoms with Crippen LogP contribution >= 0.6 is 0 Å². The Hall–Kier alpha value is -4.17. The van der Waals surface area contributed by atoms with Crippen molar-refractivity contribution in [3.63, 3.8) is 0 Å². The SMILES string of the molecule is CCc1c(F)ccc2cc(O)cc(-c3c(F)c4nc(OCC5(CN6CCC(OC)C6)CC5)nc(N5CCOCC(C)(O)C5)c4c4ccnn34)c12. The summed E-state index contributed by atoms with van der Waals surface area (Å²) in [5.41, 5.74) is -0.0255. The van der Waals surface area contributed by atoms with Crippen LogP contribution in [0.1, 0.15) is 38.7 Å². The van der Waals surface area contributed by atoms with Crippen LogP contribution in [0.3, 0.4) is 0 Å². The lowest BCUT2D eigenvalue weighted by Gasteiger charge is -2.29. The molecule has 2 aromatic carbocycles. The van der Waals surface area contributed by atoms with E-state index in [1.54, 1.807) is 38.4 Å². The number of pyridine rings is 1. The number of nitrogens with zero attached hydrogens (tertiary/aromatic N) is 6. The first kappa shape index (κ1) is 33.0. The molecule has 11 nitrogen and oxygen atoms in total. The Kier molecular flexibility index (Phi) is 8.28. The maximum Gasteiger partial charge on any atom is 0.319 e. The van der Waals surface area contributed by atoms with Crippen molar-refractivity contribution >= 4 is 33.0 Å². The fraction of sp³-hybridized carbons (Fsp3) is 0.486. The highest BCUT2D eigenvalue weighted by molar-refractivity contribution is 6.07. The van der Waals surface area contributed by atoms with Crippen LogP contribution in [0.5, 0.6) is 11.8 Å². The van der Waals surface area contributed by atoms with Crippen LogP contribution in [0.4, 0.5) is 14.6 Å². The Morgan fingerprint density at radius 2 is 1.94 bits per heavy atom. The second-order valence-electron chi connectivity index (χ2n) is 14.5. The van der Waals surface area contributed by atoms with E-state index in [9.17, 15) is 10.2 Å². The van der Waals surface area contributed by atoms with Gasteiger partial charge in [0.05, 0.1) is 49.6 Å². The van der Waals surface area contributed by atoms with Gasteiger partial charge in [0.2, 0.25) is 0 Å². The van der Waals surface area contributed by atoms with Crippen LogP contribution in [0.2, 0.25) is 0 Å². The zero-order valence-electron chi connectivity index (χ0n) is 28.6. The number of ether oxygens (including phenoxy) is 3. The molecule has 1 saturated carbocycles. The van der Waals surface area contributed by atoms with Crippen molar-refractivity contribution < 1.29 is 33.2 Å². The number of phenols is 1. The Labute approximate surface area is 288 Å². The van der Waals surface area contributed by atoms with Gasteiger partial charge in [0.1, 0.15) is 34.2 Å². The lowest BCUT2D eigenvalue weighted by Crippen LogP contribution is -2.42. The van der Waals surface area contributed by atoms with E-state index in [0.717, 1.165) is 38.9 Å². The normalized spacial score (nSPS) is 22.5. The average molecular weight is 689 g/mol. The van der Waals surface area contributed by atoms with Crippen molar-refractivity contribution in [3.05, 3.63) is 53.7 Å². The molecule has 1 aliphatic carbocycles. The van der Waals surface area contributed by atoms with E-state index in [-0.39, 0.29) is 53.2 Å². The second kappa shape index (κ2) is 12.6. The number of benzene rings is 2. The molecule has 2 saturated heterocycles. The minimum atomic E-state index is -1.20. The maximum atomic E-state index is 17.5. The number of fused-ring (bicyclic) bond motifs is 4. The van der Waals surface area contributed by atoms with Gasteiger partial charge in [0, 0.05) is 44.3 Å². The first-order valence-corrected chi connectivity index (χ1v) is 17.3. The number of aliphatic hydroxyl groups is 1. The number of aryl methyl sites for hydroxylation is 1. The summed E-state index contributed by atoms with van der Waals surface area (Å²) < 4.78 is 51.8.